The molecule has 1 aromatic carbocycles. The molecule has 0 spiro atoms. The first-order valence-corrected chi connectivity index (χ1v) is 10.9. The molecule has 1 aromatic heterocycles. The first kappa shape index (κ1) is 19.5. The Balaban J connectivity index is 2.14. The number of thioether (sulfide) groups is 1. The molecule has 136 valence electrons. The number of nitrogens with one attached hydrogen (secondary N) is 1. The van der Waals surface area contributed by atoms with E-state index in [-0.39, 0.29) is 6.54 Å². The molecule has 1 amide bonds. The molecule has 0 aliphatic carbocycles. The molecule has 0 aliphatic rings. The van der Waals surface area contributed by atoms with Gasteiger partial charge in [0.2, 0.25) is 21.1 Å². The molecule has 2 aromatic rings. The van der Waals surface area contributed by atoms with Crippen molar-refractivity contribution in [1.82, 2.24) is 10.2 Å². The second-order valence-corrected chi connectivity index (χ2v) is 9.22. The Morgan fingerprint density at radius 1 is 1.40 bits per heavy atom. The van der Waals surface area contributed by atoms with Crippen molar-refractivity contribution in [2.45, 2.75) is 11.3 Å². The van der Waals surface area contributed by atoms with Gasteiger partial charge in [-0.25, -0.2) is 8.42 Å². The van der Waals surface area contributed by atoms with Crippen molar-refractivity contribution in [3.63, 3.8) is 0 Å². The highest BCUT2D eigenvalue weighted by atomic mass is 32.2. The average Bonchev–Trinajstić information content (AvgIpc) is 2.99. The normalized spacial score (nSPS) is 11.2. The van der Waals surface area contributed by atoms with Crippen molar-refractivity contribution in [3.05, 3.63) is 24.3 Å². The van der Waals surface area contributed by atoms with E-state index < -0.39 is 15.9 Å². The average molecular weight is 403 g/mol. The minimum Gasteiger partial charge on any atom is -0.497 e. The van der Waals surface area contributed by atoms with E-state index in [9.17, 15) is 13.2 Å². The minimum absolute atomic E-state index is 0.333. The van der Waals surface area contributed by atoms with E-state index in [1.54, 1.807) is 24.3 Å². The molecule has 0 atom stereocenters. The zero-order valence-corrected chi connectivity index (χ0v) is 16.4. The van der Waals surface area contributed by atoms with Crippen molar-refractivity contribution in [2.75, 3.05) is 35.3 Å². The second-order valence-electron chi connectivity index (χ2n) is 4.83. The number of ether oxygens (including phenoxy) is 1. The lowest BCUT2D eigenvalue weighted by Gasteiger charge is -2.21. The number of methoxy groups -OCH3 is 1. The Labute approximate surface area is 154 Å². The van der Waals surface area contributed by atoms with E-state index in [2.05, 4.69) is 15.5 Å². The molecule has 11 heteroatoms. The topological polar surface area (TPSA) is 101 Å². The van der Waals surface area contributed by atoms with Gasteiger partial charge in [0.25, 0.3) is 0 Å². The van der Waals surface area contributed by atoms with Crippen LogP contribution >= 0.6 is 23.1 Å². The second kappa shape index (κ2) is 8.50. The van der Waals surface area contributed by atoms with Gasteiger partial charge in [0.05, 0.1) is 19.1 Å². The lowest BCUT2D eigenvalue weighted by Crippen LogP contribution is -2.37. The van der Waals surface area contributed by atoms with Gasteiger partial charge in [-0.2, -0.15) is 0 Å². The quantitative estimate of drug-likeness (QED) is 0.533. The van der Waals surface area contributed by atoms with Crippen molar-refractivity contribution < 1.29 is 17.9 Å². The Morgan fingerprint density at radius 2 is 2.16 bits per heavy atom. The molecule has 2 rings (SSSR count). The lowest BCUT2D eigenvalue weighted by atomic mass is 10.3. The van der Waals surface area contributed by atoms with E-state index in [0.29, 0.717) is 16.6 Å². The van der Waals surface area contributed by atoms with Crippen LogP contribution < -0.4 is 14.4 Å². The van der Waals surface area contributed by atoms with Crippen molar-refractivity contribution in [2.24, 2.45) is 0 Å². The molecule has 0 aliphatic heterocycles. The predicted molar refractivity (Wildman–Crippen MR) is 100 cm³/mol. The summed E-state index contributed by atoms with van der Waals surface area (Å²) in [5.41, 5.74) is 0.344. The summed E-state index contributed by atoms with van der Waals surface area (Å²) in [4.78, 5) is 12.2. The third-order valence-corrected chi connectivity index (χ3v) is 5.94. The fraction of sp³-hybridized carbons (Fsp3) is 0.357. The summed E-state index contributed by atoms with van der Waals surface area (Å²) >= 11 is 2.76. The van der Waals surface area contributed by atoms with Crippen molar-refractivity contribution in [1.29, 1.82) is 0 Å². The maximum Gasteiger partial charge on any atom is 0.246 e. The van der Waals surface area contributed by atoms with E-state index in [1.807, 2.05) is 6.92 Å². The van der Waals surface area contributed by atoms with E-state index in [4.69, 9.17) is 4.74 Å². The molecular weight excluding hydrogens is 384 g/mol. The van der Waals surface area contributed by atoms with Crippen LogP contribution in [0.3, 0.4) is 0 Å². The van der Waals surface area contributed by atoms with Crippen LogP contribution in [0.4, 0.5) is 10.8 Å². The molecule has 0 unspecified atom stereocenters. The molecule has 0 saturated carbocycles. The Morgan fingerprint density at radius 3 is 2.80 bits per heavy atom. The third kappa shape index (κ3) is 5.58. The SMILES string of the molecule is CCSc1nnc(NC(=O)CN(c2cccc(OC)c2)S(C)(=O)=O)s1. The smallest absolute Gasteiger partial charge is 0.246 e. The van der Waals surface area contributed by atoms with E-state index >= 15 is 0 Å². The fourth-order valence-corrected chi connectivity index (χ4v) is 4.41. The van der Waals surface area contributed by atoms with E-state index in [0.717, 1.165) is 20.7 Å². The summed E-state index contributed by atoms with van der Waals surface area (Å²) in [6.07, 6.45) is 1.04. The van der Waals surface area contributed by atoms with Gasteiger partial charge in [-0.15, -0.1) is 10.2 Å². The number of amides is 1. The number of hydrogen-bond donors (Lipinski definition) is 1. The lowest BCUT2D eigenvalue weighted by molar-refractivity contribution is -0.114. The number of carbonyl (C=O) groups excluding carboxylic acids is 1. The number of aromatic nitrogens is 2. The molecular formula is C14H18N4O4S3. The van der Waals surface area contributed by atoms with Crippen LogP contribution in [-0.2, 0) is 14.8 Å². The molecule has 0 saturated heterocycles. The summed E-state index contributed by atoms with van der Waals surface area (Å²) < 4.78 is 31.0. The molecule has 8 nitrogen and oxygen atoms in total. The zero-order valence-electron chi connectivity index (χ0n) is 13.9. The number of carbonyl (C=O) groups is 1. The first-order valence-electron chi connectivity index (χ1n) is 7.21. The number of rotatable bonds is 8. The molecule has 1 N–H and O–H groups in total. The predicted octanol–water partition coefficient (Wildman–Crippen LogP) is 2.06. The van der Waals surface area contributed by atoms with Crippen LogP contribution in [0.15, 0.2) is 28.6 Å². The fourth-order valence-electron chi connectivity index (χ4n) is 1.90. The van der Waals surface area contributed by atoms with Gasteiger partial charge in [0.15, 0.2) is 4.34 Å². The van der Waals surface area contributed by atoms with Crippen molar-refractivity contribution in [3.8, 4) is 5.75 Å². The number of sulfonamides is 1. The summed E-state index contributed by atoms with van der Waals surface area (Å²) in [6.45, 7) is 1.62. The molecule has 0 radical (unpaired) electrons. The standard InChI is InChI=1S/C14H18N4O4S3/c1-4-23-14-17-16-13(24-14)15-12(19)9-18(25(3,20)21)10-6-5-7-11(8-10)22-2/h5-8H,4,9H2,1-3H3,(H,15,16,19). The highest BCUT2D eigenvalue weighted by molar-refractivity contribution is 8.01. The van der Waals surface area contributed by atoms with E-state index in [1.165, 1.54) is 30.2 Å². The monoisotopic (exact) mass is 402 g/mol. The van der Waals surface area contributed by atoms with Gasteiger partial charge in [-0.05, 0) is 17.9 Å². The summed E-state index contributed by atoms with van der Waals surface area (Å²) in [6, 6.07) is 6.49. The number of benzene rings is 1. The van der Waals surface area contributed by atoms with Crippen molar-refractivity contribution >= 4 is 49.8 Å². The Bertz CT molecular complexity index is 838. The van der Waals surface area contributed by atoms with Gasteiger partial charge in [0, 0.05) is 6.07 Å². The number of hydrogen-bond acceptors (Lipinski definition) is 8. The highest BCUT2D eigenvalue weighted by Crippen LogP contribution is 2.26. The maximum absolute atomic E-state index is 12.2. The van der Waals surface area contributed by atoms with Gasteiger partial charge >= 0.3 is 0 Å². The third-order valence-electron chi connectivity index (χ3n) is 2.95. The molecule has 0 bridgehead atoms. The van der Waals surface area contributed by atoms with Gasteiger partial charge in [0.1, 0.15) is 12.3 Å². The van der Waals surface area contributed by atoms with Gasteiger partial charge < -0.3 is 4.74 Å². The van der Waals surface area contributed by atoms with Crippen LogP contribution in [-0.4, -0.2) is 50.2 Å². The Hall–Kier alpha value is -1.85. The largest absolute Gasteiger partial charge is 0.497 e. The summed E-state index contributed by atoms with van der Waals surface area (Å²) in [7, 11) is -2.17. The van der Waals surface area contributed by atoms with Crippen LogP contribution in [0.5, 0.6) is 5.75 Å². The first-order chi connectivity index (χ1) is 11.8. The summed E-state index contributed by atoms with van der Waals surface area (Å²) in [5, 5.41) is 10.7. The highest BCUT2D eigenvalue weighted by Gasteiger charge is 2.22. The Kier molecular flexibility index (Phi) is 6.62. The van der Waals surface area contributed by atoms with Crippen LogP contribution in [0.25, 0.3) is 0 Å². The molecule has 25 heavy (non-hydrogen) atoms. The van der Waals surface area contributed by atoms with Gasteiger partial charge in [-0.3, -0.25) is 14.4 Å². The number of nitrogens with zero attached hydrogens (tertiary/aromatic N) is 3. The van der Waals surface area contributed by atoms with Crippen LogP contribution in [0.1, 0.15) is 6.92 Å². The van der Waals surface area contributed by atoms with Crippen LogP contribution in [0, 0.1) is 0 Å². The number of anilines is 2. The zero-order chi connectivity index (χ0) is 18.4. The maximum atomic E-state index is 12.2. The molecule has 1 heterocycles. The molecule has 0 fully saturated rings. The minimum atomic E-state index is -3.65. The van der Waals surface area contributed by atoms with Gasteiger partial charge in [-0.1, -0.05) is 36.1 Å². The van der Waals surface area contributed by atoms with Crippen LogP contribution in [0.2, 0.25) is 0 Å². The summed E-state index contributed by atoms with van der Waals surface area (Å²) in [5.74, 6) is 0.842.